The fraction of sp³-hybridized carbons (Fsp3) is 0.929. The molecule has 1 amide bonds. The van der Waals surface area contributed by atoms with E-state index in [4.69, 9.17) is 4.74 Å². The minimum absolute atomic E-state index is 0.00669. The lowest BCUT2D eigenvalue weighted by Crippen LogP contribution is -2.40. The summed E-state index contributed by atoms with van der Waals surface area (Å²) in [4.78, 5) is 11.6. The molecule has 1 rings (SSSR count). The molecule has 1 aliphatic heterocycles. The molecule has 0 radical (unpaired) electrons. The van der Waals surface area contributed by atoms with Gasteiger partial charge in [0.15, 0.2) is 0 Å². The Morgan fingerprint density at radius 1 is 1.41 bits per heavy atom. The van der Waals surface area contributed by atoms with Crippen LogP contribution < -0.4 is 15.4 Å². The van der Waals surface area contributed by atoms with Crippen LogP contribution in [0.2, 0.25) is 0 Å². The summed E-state index contributed by atoms with van der Waals surface area (Å²) in [6.07, 6.45) is 3.28. The van der Waals surface area contributed by atoms with Crippen LogP contribution in [-0.4, -0.2) is 59.0 Å². The summed E-state index contributed by atoms with van der Waals surface area (Å²) in [5.74, 6) is 0.169. The lowest BCUT2D eigenvalue weighted by Gasteiger charge is -2.22. The van der Waals surface area contributed by atoms with Gasteiger partial charge < -0.3 is 15.4 Å². The van der Waals surface area contributed by atoms with Crippen molar-refractivity contribution in [2.45, 2.75) is 39.2 Å². The molecule has 1 heterocycles. The van der Waals surface area contributed by atoms with Gasteiger partial charge >= 0.3 is 0 Å². The molecule has 3 N–H and O–H groups in total. The number of sulfonamides is 1. The molecular weight excluding hydrogens is 306 g/mol. The summed E-state index contributed by atoms with van der Waals surface area (Å²) in [6, 6.07) is 0. The van der Waals surface area contributed by atoms with Crippen molar-refractivity contribution in [3.05, 3.63) is 0 Å². The summed E-state index contributed by atoms with van der Waals surface area (Å²) >= 11 is 0. The van der Waals surface area contributed by atoms with Crippen LogP contribution in [0.4, 0.5) is 0 Å². The first-order valence-corrected chi connectivity index (χ1v) is 9.60. The highest BCUT2D eigenvalue weighted by molar-refractivity contribution is 7.89. The van der Waals surface area contributed by atoms with Crippen LogP contribution in [0.15, 0.2) is 0 Å². The Morgan fingerprint density at radius 3 is 2.82 bits per heavy atom. The average Bonchev–Trinajstić information content (AvgIpc) is 2.46. The number of carbonyl (C=O) groups excluding carboxylic acids is 1. The molecule has 0 aromatic carbocycles. The summed E-state index contributed by atoms with van der Waals surface area (Å²) in [7, 11) is -3.46. The minimum Gasteiger partial charge on any atom is -0.378 e. The van der Waals surface area contributed by atoms with Crippen LogP contribution >= 0.6 is 0 Å². The first kappa shape index (κ1) is 19.3. The molecule has 1 atom stereocenters. The van der Waals surface area contributed by atoms with Crippen molar-refractivity contribution in [1.29, 1.82) is 0 Å². The van der Waals surface area contributed by atoms with Gasteiger partial charge in [-0.2, -0.15) is 0 Å². The maximum Gasteiger partial charge on any atom is 0.235 e. The smallest absolute Gasteiger partial charge is 0.235 e. The van der Waals surface area contributed by atoms with Crippen molar-refractivity contribution in [2.24, 2.45) is 5.92 Å². The molecule has 0 saturated carbocycles. The van der Waals surface area contributed by atoms with E-state index < -0.39 is 10.0 Å². The van der Waals surface area contributed by atoms with Gasteiger partial charge in [0.1, 0.15) is 0 Å². The number of nitrogens with one attached hydrogen (secondary N) is 3. The molecule has 1 aliphatic rings. The Bertz CT molecular complexity index is 420. The van der Waals surface area contributed by atoms with Gasteiger partial charge in [-0.1, -0.05) is 0 Å². The summed E-state index contributed by atoms with van der Waals surface area (Å²) < 4.78 is 30.8. The van der Waals surface area contributed by atoms with Crippen LogP contribution in [0, 0.1) is 5.92 Å². The number of rotatable bonds is 10. The maximum atomic E-state index is 11.7. The fourth-order valence-electron chi connectivity index (χ4n) is 2.29. The molecule has 8 heteroatoms. The van der Waals surface area contributed by atoms with Crippen LogP contribution in [0.1, 0.15) is 33.1 Å². The van der Waals surface area contributed by atoms with Crippen molar-refractivity contribution >= 4 is 15.9 Å². The highest BCUT2D eigenvalue weighted by atomic mass is 32.2. The number of hydrogen-bond acceptors (Lipinski definition) is 5. The lowest BCUT2D eigenvalue weighted by molar-refractivity contribution is -0.120. The Kier molecular flexibility index (Phi) is 8.92. The third-order valence-corrected chi connectivity index (χ3v) is 4.82. The van der Waals surface area contributed by atoms with Crippen molar-refractivity contribution in [2.75, 3.05) is 38.5 Å². The second-order valence-corrected chi connectivity index (χ2v) is 7.84. The molecule has 1 unspecified atom stereocenters. The quantitative estimate of drug-likeness (QED) is 0.515. The molecule has 0 aliphatic carbocycles. The third kappa shape index (κ3) is 9.34. The molecule has 0 spiro atoms. The maximum absolute atomic E-state index is 11.7. The second kappa shape index (κ2) is 10.1. The average molecular weight is 335 g/mol. The van der Waals surface area contributed by atoms with Gasteiger partial charge in [0.2, 0.25) is 15.9 Å². The van der Waals surface area contributed by atoms with Gasteiger partial charge in [-0.3, -0.25) is 4.79 Å². The normalized spacial score (nSPS) is 19.3. The van der Waals surface area contributed by atoms with Crippen molar-refractivity contribution in [3.8, 4) is 0 Å². The van der Waals surface area contributed by atoms with E-state index in [2.05, 4.69) is 15.4 Å². The molecule has 7 nitrogen and oxygen atoms in total. The predicted octanol–water partition coefficient (Wildman–Crippen LogP) is -0.163. The van der Waals surface area contributed by atoms with Gasteiger partial charge in [0.25, 0.3) is 0 Å². The summed E-state index contributed by atoms with van der Waals surface area (Å²) in [6.45, 7) is 6.26. The first-order valence-electron chi connectivity index (χ1n) is 7.95. The van der Waals surface area contributed by atoms with Gasteiger partial charge in [0.05, 0.1) is 25.0 Å². The third-order valence-electron chi connectivity index (χ3n) is 3.53. The van der Waals surface area contributed by atoms with E-state index in [0.717, 1.165) is 19.5 Å². The summed E-state index contributed by atoms with van der Waals surface area (Å²) in [5.41, 5.74) is 0. The van der Waals surface area contributed by atoms with Gasteiger partial charge in [-0.15, -0.1) is 0 Å². The van der Waals surface area contributed by atoms with Crippen molar-refractivity contribution in [3.63, 3.8) is 0 Å². The molecule has 0 bridgehead atoms. The molecule has 1 fully saturated rings. The van der Waals surface area contributed by atoms with Gasteiger partial charge in [0, 0.05) is 6.54 Å². The van der Waals surface area contributed by atoms with E-state index in [1.165, 1.54) is 12.8 Å². The Hall–Kier alpha value is -0.700. The first-order chi connectivity index (χ1) is 10.4. The Balaban J connectivity index is 2.10. The number of carbonyl (C=O) groups is 1. The topological polar surface area (TPSA) is 96.5 Å². The SMILES string of the molecule is CC(C)OCCS(=O)(=O)NCC(=O)NCCC1CCCNC1. The Morgan fingerprint density at radius 2 is 2.18 bits per heavy atom. The van der Waals surface area contributed by atoms with E-state index in [-0.39, 0.29) is 30.9 Å². The van der Waals surface area contributed by atoms with E-state index >= 15 is 0 Å². The standard InChI is InChI=1S/C14H29N3O4S/c1-12(2)21-8-9-22(19,20)17-11-14(18)16-7-5-13-4-3-6-15-10-13/h12-13,15,17H,3-11H2,1-2H3,(H,16,18). The highest BCUT2D eigenvalue weighted by Crippen LogP contribution is 2.12. The van der Waals surface area contributed by atoms with E-state index in [9.17, 15) is 13.2 Å². The van der Waals surface area contributed by atoms with Crippen LogP contribution in [-0.2, 0) is 19.6 Å². The molecule has 0 aromatic rings. The number of ether oxygens (including phenoxy) is 1. The molecule has 1 saturated heterocycles. The zero-order valence-electron chi connectivity index (χ0n) is 13.6. The van der Waals surface area contributed by atoms with Crippen LogP contribution in [0.3, 0.4) is 0 Å². The largest absolute Gasteiger partial charge is 0.378 e. The highest BCUT2D eigenvalue weighted by Gasteiger charge is 2.14. The monoisotopic (exact) mass is 335 g/mol. The zero-order valence-corrected chi connectivity index (χ0v) is 14.4. The van der Waals surface area contributed by atoms with Crippen molar-refractivity contribution in [1.82, 2.24) is 15.4 Å². The predicted molar refractivity (Wildman–Crippen MR) is 86.1 cm³/mol. The molecule has 0 aromatic heterocycles. The Labute approximate surface area is 133 Å². The molecule has 22 heavy (non-hydrogen) atoms. The molecule has 130 valence electrons. The fourth-order valence-corrected chi connectivity index (χ4v) is 3.10. The van der Waals surface area contributed by atoms with E-state index in [0.29, 0.717) is 12.5 Å². The number of piperidine rings is 1. The van der Waals surface area contributed by atoms with Gasteiger partial charge in [-0.05, 0) is 52.1 Å². The lowest BCUT2D eigenvalue weighted by atomic mass is 9.96. The minimum atomic E-state index is -3.46. The molecular formula is C14H29N3O4S. The summed E-state index contributed by atoms with van der Waals surface area (Å²) in [5, 5.41) is 6.08. The van der Waals surface area contributed by atoms with E-state index in [1.54, 1.807) is 0 Å². The zero-order chi connectivity index (χ0) is 16.4. The van der Waals surface area contributed by atoms with Crippen LogP contribution in [0.25, 0.3) is 0 Å². The van der Waals surface area contributed by atoms with Crippen molar-refractivity contribution < 1.29 is 17.9 Å². The van der Waals surface area contributed by atoms with E-state index in [1.807, 2.05) is 13.8 Å². The second-order valence-electron chi connectivity index (χ2n) is 5.91. The van der Waals surface area contributed by atoms with Gasteiger partial charge in [-0.25, -0.2) is 13.1 Å². The number of amides is 1. The number of hydrogen-bond donors (Lipinski definition) is 3. The van der Waals surface area contributed by atoms with Crippen LogP contribution in [0.5, 0.6) is 0 Å².